The van der Waals surface area contributed by atoms with Gasteiger partial charge in [0.25, 0.3) is 0 Å². The zero-order valence-corrected chi connectivity index (χ0v) is 11.6. The van der Waals surface area contributed by atoms with E-state index in [0.717, 1.165) is 18.2 Å². The van der Waals surface area contributed by atoms with Crippen molar-refractivity contribution in [2.24, 2.45) is 0 Å². The monoisotopic (exact) mass is 350 g/mol. The van der Waals surface area contributed by atoms with Gasteiger partial charge in [-0.05, 0) is 29.8 Å². The van der Waals surface area contributed by atoms with Gasteiger partial charge in [-0.15, -0.1) is 13.2 Å². The lowest BCUT2D eigenvalue weighted by molar-refractivity contribution is -0.274. The Balaban J connectivity index is 2.65. The molecule has 0 aliphatic carbocycles. The van der Waals surface area contributed by atoms with E-state index in [0.29, 0.717) is 12.1 Å². The molecule has 0 radical (unpaired) electrons. The van der Waals surface area contributed by atoms with E-state index in [9.17, 15) is 31.1 Å². The maximum atomic E-state index is 12.9. The van der Waals surface area contributed by atoms with Crippen LogP contribution in [0.5, 0.6) is 5.75 Å². The summed E-state index contributed by atoms with van der Waals surface area (Å²) in [6.45, 7) is 0. The summed E-state index contributed by atoms with van der Waals surface area (Å²) in [5.74, 6) is -2.38. The first-order valence-electron chi connectivity index (χ1n) is 6.28. The molecule has 9 heteroatoms. The highest BCUT2D eigenvalue weighted by Crippen LogP contribution is 2.38. The molecule has 0 heterocycles. The molecule has 2 aromatic carbocycles. The van der Waals surface area contributed by atoms with Crippen molar-refractivity contribution in [1.29, 1.82) is 0 Å². The van der Waals surface area contributed by atoms with Gasteiger partial charge >= 0.3 is 18.5 Å². The van der Waals surface area contributed by atoms with Crippen molar-refractivity contribution in [2.45, 2.75) is 12.5 Å². The molecule has 2 aromatic rings. The molecule has 0 saturated carbocycles. The summed E-state index contributed by atoms with van der Waals surface area (Å²) < 4.78 is 79.7. The summed E-state index contributed by atoms with van der Waals surface area (Å²) in [7, 11) is 0. The lowest BCUT2D eigenvalue weighted by Gasteiger charge is -2.15. The van der Waals surface area contributed by atoms with Crippen LogP contribution in [0.15, 0.2) is 42.5 Å². The number of benzene rings is 2. The maximum absolute atomic E-state index is 12.9. The van der Waals surface area contributed by atoms with Crippen molar-refractivity contribution in [3.63, 3.8) is 0 Å². The summed E-state index contributed by atoms with van der Waals surface area (Å²) in [5.41, 5.74) is -2.67. The molecule has 0 amide bonds. The van der Waals surface area contributed by atoms with Crippen LogP contribution >= 0.6 is 0 Å². The Morgan fingerprint density at radius 3 is 2.12 bits per heavy atom. The van der Waals surface area contributed by atoms with E-state index in [-0.39, 0.29) is 11.1 Å². The second-order valence-electron chi connectivity index (χ2n) is 4.65. The fourth-order valence-corrected chi connectivity index (χ4v) is 1.99. The molecule has 0 saturated heterocycles. The van der Waals surface area contributed by atoms with Crippen LogP contribution in [0.2, 0.25) is 0 Å². The molecule has 0 unspecified atom stereocenters. The number of ether oxygens (including phenoxy) is 1. The summed E-state index contributed by atoms with van der Waals surface area (Å²) in [6, 6.07) is 6.32. The quantitative estimate of drug-likeness (QED) is 0.795. The number of alkyl halides is 6. The van der Waals surface area contributed by atoms with Crippen LogP contribution in [-0.2, 0) is 6.18 Å². The average molecular weight is 350 g/mol. The Morgan fingerprint density at radius 2 is 1.58 bits per heavy atom. The molecule has 128 valence electrons. The largest absolute Gasteiger partial charge is 0.573 e. The van der Waals surface area contributed by atoms with Gasteiger partial charge in [0.05, 0.1) is 11.1 Å². The van der Waals surface area contributed by atoms with Gasteiger partial charge in [-0.3, -0.25) is 0 Å². The van der Waals surface area contributed by atoms with Crippen LogP contribution in [0.1, 0.15) is 15.9 Å². The molecule has 2 rings (SSSR count). The third-order valence-corrected chi connectivity index (χ3v) is 2.93. The van der Waals surface area contributed by atoms with Crippen LogP contribution in [0.4, 0.5) is 26.3 Å². The smallest absolute Gasteiger partial charge is 0.478 e. The lowest BCUT2D eigenvalue weighted by atomic mass is 9.98. The first kappa shape index (κ1) is 17.6. The molecule has 0 aromatic heterocycles. The van der Waals surface area contributed by atoms with E-state index >= 15 is 0 Å². The normalized spacial score (nSPS) is 12.1. The van der Waals surface area contributed by atoms with Crippen molar-refractivity contribution in [3.05, 3.63) is 53.6 Å². The number of hydrogen-bond donors (Lipinski definition) is 1. The Labute approximate surface area is 131 Å². The molecule has 0 bridgehead atoms. The molecule has 0 aliphatic heterocycles. The van der Waals surface area contributed by atoms with Crippen molar-refractivity contribution >= 4 is 5.97 Å². The first-order valence-corrected chi connectivity index (χ1v) is 6.28. The van der Waals surface area contributed by atoms with E-state index in [1.54, 1.807) is 0 Å². The number of hydrogen-bond acceptors (Lipinski definition) is 2. The Bertz CT molecular complexity index is 765. The van der Waals surface area contributed by atoms with Crippen molar-refractivity contribution in [1.82, 2.24) is 0 Å². The van der Waals surface area contributed by atoms with Crippen LogP contribution in [0.25, 0.3) is 11.1 Å². The second kappa shape index (κ2) is 6.06. The number of rotatable bonds is 3. The molecule has 1 N–H and O–H groups in total. The van der Waals surface area contributed by atoms with Crippen LogP contribution in [0.3, 0.4) is 0 Å². The molecule has 0 aliphatic rings. The molecule has 0 atom stereocenters. The van der Waals surface area contributed by atoms with Gasteiger partial charge < -0.3 is 9.84 Å². The van der Waals surface area contributed by atoms with Gasteiger partial charge in [0.2, 0.25) is 0 Å². The zero-order chi connectivity index (χ0) is 18.1. The predicted molar refractivity (Wildman–Crippen MR) is 70.5 cm³/mol. The minimum atomic E-state index is -5.05. The minimum Gasteiger partial charge on any atom is -0.478 e. The third-order valence-electron chi connectivity index (χ3n) is 2.93. The first-order chi connectivity index (χ1) is 11.0. The summed E-state index contributed by atoms with van der Waals surface area (Å²) in [6.07, 6.45) is -9.91. The van der Waals surface area contributed by atoms with Gasteiger partial charge in [-0.2, -0.15) is 13.2 Å². The standard InChI is InChI=1S/C15H8F6O3/c16-14(17,18)10-6-8(5-9(7-10)13(22)23)11-3-1-2-4-12(11)24-15(19,20)21/h1-7H,(H,22,23). The Kier molecular flexibility index (Phi) is 4.46. The predicted octanol–water partition coefficient (Wildman–Crippen LogP) is 4.97. The molecular weight excluding hydrogens is 342 g/mol. The van der Waals surface area contributed by atoms with Gasteiger partial charge in [0.1, 0.15) is 5.75 Å². The van der Waals surface area contributed by atoms with E-state index in [2.05, 4.69) is 4.74 Å². The number of carboxylic acid groups (broad SMARTS) is 1. The second-order valence-corrected chi connectivity index (χ2v) is 4.65. The average Bonchev–Trinajstić information content (AvgIpc) is 2.44. The fourth-order valence-electron chi connectivity index (χ4n) is 1.99. The minimum absolute atomic E-state index is 0.316. The van der Waals surface area contributed by atoms with E-state index in [4.69, 9.17) is 5.11 Å². The van der Waals surface area contributed by atoms with Gasteiger partial charge in [-0.25, -0.2) is 4.79 Å². The number of halogens is 6. The Morgan fingerprint density at radius 1 is 0.958 bits per heavy atom. The summed E-state index contributed by atoms with van der Waals surface area (Å²) in [5, 5.41) is 8.92. The maximum Gasteiger partial charge on any atom is 0.573 e. The van der Waals surface area contributed by atoms with Gasteiger partial charge in [0.15, 0.2) is 0 Å². The Hall–Kier alpha value is -2.71. The number of aromatic carboxylic acids is 1. The molecular formula is C15H8F6O3. The number of carbonyl (C=O) groups is 1. The van der Waals surface area contributed by atoms with Crippen LogP contribution in [-0.4, -0.2) is 17.4 Å². The summed E-state index contributed by atoms with van der Waals surface area (Å²) >= 11 is 0. The highest BCUT2D eigenvalue weighted by Gasteiger charge is 2.34. The zero-order valence-electron chi connectivity index (χ0n) is 11.6. The number of para-hydroxylation sites is 1. The highest BCUT2D eigenvalue weighted by molar-refractivity contribution is 5.90. The SMILES string of the molecule is O=C(O)c1cc(-c2ccccc2OC(F)(F)F)cc(C(F)(F)F)c1. The number of carboxylic acids is 1. The van der Waals surface area contributed by atoms with Crippen molar-refractivity contribution in [2.75, 3.05) is 0 Å². The summed E-state index contributed by atoms with van der Waals surface area (Å²) in [4.78, 5) is 11.0. The third kappa shape index (κ3) is 4.18. The van der Waals surface area contributed by atoms with Crippen molar-refractivity contribution < 1.29 is 41.0 Å². The molecule has 0 spiro atoms. The van der Waals surface area contributed by atoms with Crippen molar-refractivity contribution in [3.8, 4) is 16.9 Å². The molecule has 0 fully saturated rings. The topological polar surface area (TPSA) is 46.5 Å². The molecule has 3 nitrogen and oxygen atoms in total. The highest BCUT2D eigenvalue weighted by atomic mass is 19.4. The molecule has 24 heavy (non-hydrogen) atoms. The van der Waals surface area contributed by atoms with E-state index in [1.807, 2.05) is 0 Å². The fraction of sp³-hybridized carbons (Fsp3) is 0.133. The van der Waals surface area contributed by atoms with Gasteiger partial charge in [0, 0.05) is 5.56 Å². The lowest BCUT2D eigenvalue weighted by Crippen LogP contribution is -2.17. The van der Waals surface area contributed by atoms with E-state index in [1.165, 1.54) is 12.1 Å². The van der Waals surface area contributed by atoms with E-state index < -0.39 is 35.4 Å². The van der Waals surface area contributed by atoms with Crippen LogP contribution < -0.4 is 4.74 Å². The van der Waals surface area contributed by atoms with Crippen LogP contribution in [0, 0.1) is 0 Å². The van der Waals surface area contributed by atoms with Gasteiger partial charge in [-0.1, -0.05) is 18.2 Å².